The fourth-order valence-electron chi connectivity index (χ4n) is 3.80. The smallest absolute Gasteiger partial charge is 0.275 e. The predicted octanol–water partition coefficient (Wildman–Crippen LogP) is 3.32. The summed E-state index contributed by atoms with van der Waals surface area (Å²) in [4.78, 5) is 27.5. The van der Waals surface area contributed by atoms with Crippen LogP contribution in [-0.4, -0.2) is 31.5 Å². The highest BCUT2D eigenvalue weighted by Crippen LogP contribution is 2.33. The van der Waals surface area contributed by atoms with E-state index in [4.69, 9.17) is 0 Å². The summed E-state index contributed by atoms with van der Waals surface area (Å²) < 4.78 is 6.68. The summed E-state index contributed by atoms with van der Waals surface area (Å²) in [5.41, 5.74) is 4.02. The number of benzene rings is 1. The second-order valence-electron chi connectivity index (χ2n) is 6.81. The third-order valence-corrected chi connectivity index (χ3v) is 6.71. The molecule has 3 aromatic heterocycles. The molecule has 6 nitrogen and oxygen atoms in total. The van der Waals surface area contributed by atoms with E-state index in [2.05, 4.69) is 15.7 Å². The second-order valence-corrected chi connectivity index (χ2v) is 8.33. The first kappa shape index (κ1) is 17.3. The molecule has 1 aliphatic rings. The molecule has 0 spiro atoms. The van der Waals surface area contributed by atoms with Gasteiger partial charge in [0.15, 0.2) is 5.69 Å². The van der Waals surface area contributed by atoms with Crippen LogP contribution in [0.1, 0.15) is 21.7 Å². The van der Waals surface area contributed by atoms with Gasteiger partial charge in [-0.15, -0.1) is 16.4 Å². The van der Waals surface area contributed by atoms with Crippen molar-refractivity contribution in [1.82, 2.24) is 19.1 Å². The Morgan fingerprint density at radius 1 is 1.18 bits per heavy atom. The molecule has 0 N–H and O–H groups in total. The van der Waals surface area contributed by atoms with Gasteiger partial charge in [-0.2, -0.15) is 0 Å². The van der Waals surface area contributed by atoms with E-state index in [1.54, 1.807) is 26.2 Å². The van der Waals surface area contributed by atoms with E-state index in [0.29, 0.717) is 30.8 Å². The predicted molar refractivity (Wildman–Crippen MR) is 111 cm³/mol. The minimum Gasteiger partial charge on any atom is -0.332 e. The topological polar surface area (TPSA) is 68.1 Å². The number of hydrogen-bond donors (Lipinski definition) is 0. The van der Waals surface area contributed by atoms with Crippen molar-refractivity contribution in [2.24, 2.45) is 7.05 Å². The van der Waals surface area contributed by atoms with E-state index < -0.39 is 0 Å². The molecule has 0 fully saturated rings. The number of aromatic nitrogens is 3. The Labute approximate surface area is 168 Å². The maximum Gasteiger partial charge on any atom is 0.275 e. The zero-order valence-electron chi connectivity index (χ0n) is 15.1. The number of thiophene rings is 1. The lowest BCUT2D eigenvalue weighted by atomic mass is 9.99. The highest BCUT2D eigenvalue weighted by atomic mass is 32.1. The first-order valence-electron chi connectivity index (χ1n) is 8.88. The highest BCUT2D eigenvalue weighted by molar-refractivity contribution is 7.17. The van der Waals surface area contributed by atoms with Crippen molar-refractivity contribution < 1.29 is 4.79 Å². The van der Waals surface area contributed by atoms with Crippen LogP contribution in [0.2, 0.25) is 0 Å². The Bertz CT molecular complexity index is 1260. The summed E-state index contributed by atoms with van der Waals surface area (Å²) in [7, 11) is 1.82. The average molecular weight is 409 g/mol. The average Bonchev–Trinajstić information content (AvgIpc) is 3.40. The zero-order chi connectivity index (χ0) is 19.3. The fourth-order valence-corrected chi connectivity index (χ4v) is 5.19. The lowest BCUT2D eigenvalue weighted by molar-refractivity contribution is 0.0726. The van der Waals surface area contributed by atoms with Gasteiger partial charge in [0, 0.05) is 64.2 Å². The van der Waals surface area contributed by atoms with E-state index in [1.807, 2.05) is 36.7 Å². The van der Waals surface area contributed by atoms with Crippen LogP contribution >= 0.6 is 22.9 Å². The van der Waals surface area contributed by atoms with Crippen molar-refractivity contribution in [2.75, 3.05) is 6.54 Å². The standard InChI is InChI=1S/C20H16N4O2S2/c1-23-17-6-7-24(20(26)16-11-28-22-21-16)9-12(17)8-14(19(23)25)15-10-27-18-5-3-2-4-13(15)18/h2-5,8,10-11H,6-7,9H2,1H3. The monoisotopic (exact) mass is 408 g/mol. The molecule has 0 atom stereocenters. The second kappa shape index (κ2) is 6.65. The van der Waals surface area contributed by atoms with Gasteiger partial charge in [0.2, 0.25) is 0 Å². The normalized spacial score (nSPS) is 13.7. The number of carbonyl (C=O) groups excluding carboxylic acids is 1. The first-order chi connectivity index (χ1) is 13.6. The summed E-state index contributed by atoms with van der Waals surface area (Å²) in [5.74, 6) is -0.115. The highest BCUT2D eigenvalue weighted by Gasteiger charge is 2.26. The molecule has 4 heterocycles. The maximum absolute atomic E-state index is 13.1. The van der Waals surface area contributed by atoms with E-state index in [1.165, 1.54) is 11.5 Å². The molecule has 1 aliphatic heterocycles. The van der Waals surface area contributed by atoms with Gasteiger partial charge in [-0.05, 0) is 29.2 Å². The minimum absolute atomic E-state index is 0.00535. The van der Waals surface area contributed by atoms with Crippen LogP contribution in [0.25, 0.3) is 21.2 Å². The SMILES string of the molecule is Cn1c2c(cc(-c3csc4ccccc34)c1=O)CN(C(=O)c1csnn1)CC2. The van der Waals surface area contributed by atoms with Crippen LogP contribution in [0.5, 0.6) is 0 Å². The van der Waals surface area contributed by atoms with Gasteiger partial charge >= 0.3 is 0 Å². The Morgan fingerprint density at radius 3 is 2.86 bits per heavy atom. The summed E-state index contributed by atoms with van der Waals surface area (Å²) >= 11 is 2.81. The van der Waals surface area contributed by atoms with Crippen molar-refractivity contribution in [1.29, 1.82) is 0 Å². The quantitative estimate of drug-likeness (QED) is 0.510. The molecule has 4 aromatic rings. The fraction of sp³-hybridized carbons (Fsp3) is 0.200. The number of hydrogen-bond acceptors (Lipinski definition) is 6. The van der Waals surface area contributed by atoms with Crippen LogP contribution in [0.15, 0.2) is 45.9 Å². The Balaban J connectivity index is 1.59. The Morgan fingerprint density at radius 2 is 2.04 bits per heavy atom. The number of fused-ring (bicyclic) bond motifs is 2. The largest absolute Gasteiger partial charge is 0.332 e. The third kappa shape index (κ3) is 2.68. The van der Waals surface area contributed by atoms with E-state index in [-0.39, 0.29) is 11.5 Å². The molecular weight excluding hydrogens is 392 g/mol. The van der Waals surface area contributed by atoms with Gasteiger partial charge in [-0.3, -0.25) is 9.59 Å². The summed E-state index contributed by atoms with van der Waals surface area (Å²) in [6, 6.07) is 10.1. The molecule has 5 rings (SSSR count). The van der Waals surface area contributed by atoms with Crippen LogP contribution in [0.4, 0.5) is 0 Å². The van der Waals surface area contributed by atoms with Crippen LogP contribution in [0, 0.1) is 0 Å². The number of nitrogens with zero attached hydrogens (tertiary/aromatic N) is 4. The van der Waals surface area contributed by atoms with Crippen molar-refractivity contribution in [3.8, 4) is 11.1 Å². The number of pyridine rings is 1. The van der Waals surface area contributed by atoms with Gasteiger partial charge in [0.1, 0.15) is 0 Å². The summed E-state index contributed by atoms with van der Waals surface area (Å²) in [6.07, 6.45) is 0.648. The summed E-state index contributed by atoms with van der Waals surface area (Å²) in [6.45, 7) is 1.03. The first-order valence-corrected chi connectivity index (χ1v) is 10.6. The molecule has 0 bridgehead atoms. The third-order valence-electron chi connectivity index (χ3n) is 5.25. The van der Waals surface area contributed by atoms with Crippen LogP contribution in [-0.2, 0) is 20.0 Å². The minimum atomic E-state index is -0.115. The Hall–Kier alpha value is -2.84. The molecule has 1 amide bonds. The lowest BCUT2D eigenvalue weighted by Crippen LogP contribution is -2.39. The molecule has 0 unspecified atom stereocenters. The molecule has 8 heteroatoms. The van der Waals surface area contributed by atoms with Gasteiger partial charge in [0.05, 0.1) is 0 Å². The molecule has 0 radical (unpaired) electrons. The van der Waals surface area contributed by atoms with Crippen LogP contribution in [0.3, 0.4) is 0 Å². The van der Waals surface area contributed by atoms with E-state index >= 15 is 0 Å². The van der Waals surface area contributed by atoms with Gasteiger partial charge < -0.3 is 9.47 Å². The van der Waals surface area contributed by atoms with Crippen molar-refractivity contribution in [3.63, 3.8) is 0 Å². The lowest BCUT2D eigenvalue weighted by Gasteiger charge is -2.29. The van der Waals surface area contributed by atoms with Crippen LogP contribution < -0.4 is 5.56 Å². The number of carbonyl (C=O) groups is 1. The Kier molecular flexibility index (Phi) is 4.10. The molecular formula is C20H16N4O2S2. The van der Waals surface area contributed by atoms with Crippen molar-refractivity contribution in [2.45, 2.75) is 13.0 Å². The molecule has 0 saturated heterocycles. The van der Waals surface area contributed by atoms with Crippen molar-refractivity contribution in [3.05, 3.63) is 68.4 Å². The van der Waals surface area contributed by atoms with Crippen molar-refractivity contribution >= 4 is 38.9 Å². The molecule has 0 aliphatic carbocycles. The number of amides is 1. The van der Waals surface area contributed by atoms with E-state index in [9.17, 15) is 9.59 Å². The molecule has 140 valence electrons. The summed E-state index contributed by atoms with van der Waals surface area (Å²) in [5, 5.41) is 8.69. The van der Waals surface area contributed by atoms with Gasteiger partial charge in [-0.1, -0.05) is 22.7 Å². The number of rotatable bonds is 2. The zero-order valence-corrected chi connectivity index (χ0v) is 16.7. The van der Waals surface area contributed by atoms with Gasteiger partial charge in [-0.25, -0.2) is 0 Å². The molecule has 1 aromatic carbocycles. The van der Waals surface area contributed by atoms with E-state index in [0.717, 1.165) is 26.9 Å². The molecule has 28 heavy (non-hydrogen) atoms. The van der Waals surface area contributed by atoms with Gasteiger partial charge in [0.25, 0.3) is 11.5 Å². The maximum atomic E-state index is 13.1. The molecule has 0 saturated carbocycles.